The lowest BCUT2D eigenvalue weighted by atomic mass is 10.0. The molecule has 1 aromatic carbocycles. The van der Waals surface area contributed by atoms with E-state index in [0.29, 0.717) is 25.4 Å². The summed E-state index contributed by atoms with van der Waals surface area (Å²) in [5.74, 6) is 2.20. The average molecular weight is 412 g/mol. The molecule has 0 radical (unpaired) electrons. The minimum Gasteiger partial charge on any atom is -0.353 e. The highest BCUT2D eigenvalue weighted by atomic mass is 19.1. The Labute approximate surface area is 177 Å². The summed E-state index contributed by atoms with van der Waals surface area (Å²) in [7, 11) is 3.57. The van der Waals surface area contributed by atoms with E-state index in [1.807, 2.05) is 17.0 Å². The minimum atomic E-state index is -0.225. The van der Waals surface area contributed by atoms with Crippen LogP contribution < -0.4 is 4.90 Å². The Morgan fingerprint density at radius 2 is 1.77 bits per heavy atom. The van der Waals surface area contributed by atoms with E-state index in [2.05, 4.69) is 11.8 Å². The molecule has 160 valence electrons. The zero-order valence-corrected chi connectivity index (χ0v) is 18.1. The summed E-state index contributed by atoms with van der Waals surface area (Å²) in [6.45, 7) is 4.99. The van der Waals surface area contributed by atoms with Crippen LogP contribution in [0.3, 0.4) is 0 Å². The van der Waals surface area contributed by atoms with Crippen LogP contribution in [0.25, 0.3) is 0 Å². The predicted octanol–water partition coefficient (Wildman–Crippen LogP) is 3.45. The molecule has 7 heteroatoms. The van der Waals surface area contributed by atoms with Gasteiger partial charge in [0.15, 0.2) is 0 Å². The highest BCUT2D eigenvalue weighted by molar-refractivity contribution is 5.74. The number of rotatable bonds is 5. The first kappa shape index (κ1) is 20.6. The summed E-state index contributed by atoms with van der Waals surface area (Å²) in [5.41, 5.74) is 3.26. The van der Waals surface area contributed by atoms with E-state index in [9.17, 15) is 9.18 Å². The first-order chi connectivity index (χ1) is 14.5. The number of urea groups is 1. The van der Waals surface area contributed by atoms with Gasteiger partial charge in [-0.15, -0.1) is 0 Å². The van der Waals surface area contributed by atoms with Crippen LogP contribution in [-0.2, 0) is 12.8 Å². The molecule has 1 aliphatic carbocycles. The molecule has 0 N–H and O–H groups in total. The maximum Gasteiger partial charge on any atom is 0.319 e. The third-order valence-electron chi connectivity index (χ3n) is 5.89. The summed E-state index contributed by atoms with van der Waals surface area (Å²) in [6, 6.07) is 6.73. The molecule has 1 aromatic heterocycles. The second-order valence-electron chi connectivity index (χ2n) is 8.41. The van der Waals surface area contributed by atoms with Gasteiger partial charge in [0.05, 0.1) is 0 Å². The van der Waals surface area contributed by atoms with Crippen molar-refractivity contribution in [2.24, 2.45) is 0 Å². The number of piperazine rings is 1. The number of aryl methyl sites for hydroxylation is 1. The number of hydrogen-bond acceptors (Lipinski definition) is 4. The third-order valence-corrected chi connectivity index (χ3v) is 5.89. The van der Waals surface area contributed by atoms with Gasteiger partial charge in [-0.3, -0.25) is 0 Å². The maximum atomic E-state index is 13.4. The van der Waals surface area contributed by atoms with Crippen molar-refractivity contribution < 1.29 is 9.18 Å². The van der Waals surface area contributed by atoms with Crippen molar-refractivity contribution >= 4 is 11.8 Å². The monoisotopic (exact) mass is 411 g/mol. The van der Waals surface area contributed by atoms with Gasteiger partial charge in [0.25, 0.3) is 0 Å². The molecule has 0 spiro atoms. The molecule has 2 aromatic rings. The summed E-state index contributed by atoms with van der Waals surface area (Å²) in [4.78, 5) is 28.0. The zero-order valence-electron chi connectivity index (χ0n) is 18.1. The lowest BCUT2D eigenvalue weighted by molar-refractivity contribution is 0.168. The lowest BCUT2D eigenvalue weighted by Crippen LogP contribution is -2.52. The third kappa shape index (κ3) is 4.40. The second kappa shape index (κ2) is 8.58. The number of halogens is 1. The van der Waals surface area contributed by atoms with Gasteiger partial charge in [-0.05, 0) is 37.0 Å². The molecule has 6 nitrogen and oxygen atoms in total. The Balaban J connectivity index is 1.64. The van der Waals surface area contributed by atoms with E-state index in [-0.39, 0.29) is 11.8 Å². The van der Waals surface area contributed by atoms with Gasteiger partial charge in [0, 0.05) is 63.9 Å². The first-order valence-corrected chi connectivity index (χ1v) is 10.8. The van der Waals surface area contributed by atoms with Crippen molar-refractivity contribution in [1.29, 1.82) is 0 Å². The van der Waals surface area contributed by atoms with E-state index >= 15 is 0 Å². The Hall–Kier alpha value is -2.70. The number of nitrogens with zero attached hydrogens (tertiary/aromatic N) is 5. The van der Waals surface area contributed by atoms with E-state index in [1.165, 1.54) is 12.1 Å². The van der Waals surface area contributed by atoms with Gasteiger partial charge in [-0.25, -0.2) is 19.2 Å². The highest BCUT2D eigenvalue weighted by Crippen LogP contribution is 2.40. The largest absolute Gasteiger partial charge is 0.353 e. The predicted molar refractivity (Wildman–Crippen MR) is 115 cm³/mol. The zero-order chi connectivity index (χ0) is 21.3. The molecule has 1 saturated heterocycles. The van der Waals surface area contributed by atoms with Gasteiger partial charge in [-0.1, -0.05) is 19.1 Å². The number of carbonyl (C=O) groups excluding carboxylic acids is 1. The molecular weight excluding hydrogens is 381 g/mol. The molecule has 2 heterocycles. The molecule has 4 rings (SSSR count). The molecule has 0 bridgehead atoms. The Morgan fingerprint density at radius 3 is 2.33 bits per heavy atom. The molecule has 2 amide bonds. The fraction of sp³-hybridized carbons (Fsp3) is 0.522. The van der Waals surface area contributed by atoms with Crippen LogP contribution in [0.1, 0.15) is 48.3 Å². The molecule has 1 aliphatic heterocycles. The molecular formula is C23H30FN5O. The quantitative estimate of drug-likeness (QED) is 0.756. The topological polar surface area (TPSA) is 52.6 Å². The number of aromatic nitrogens is 2. The standard InChI is InChI=1S/C23H30FN5O/c1-4-20-19(15-16-5-9-18(24)10-6-16)22(26-21(25-20)17-7-8-17)28-11-13-29(14-12-28)23(30)27(2)3/h5-6,9-10,17H,4,7-8,11-15H2,1-3H3. The Kier molecular flexibility index (Phi) is 5.88. The molecule has 1 saturated carbocycles. The van der Waals surface area contributed by atoms with Crippen LogP contribution in [-0.4, -0.2) is 66.1 Å². The first-order valence-electron chi connectivity index (χ1n) is 10.8. The van der Waals surface area contributed by atoms with Crippen molar-refractivity contribution in [3.05, 3.63) is 52.7 Å². The van der Waals surface area contributed by atoms with E-state index < -0.39 is 0 Å². The van der Waals surface area contributed by atoms with Crippen molar-refractivity contribution in [1.82, 2.24) is 19.8 Å². The number of hydrogen-bond donors (Lipinski definition) is 0. The van der Waals surface area contributed by atoms with Crippen LogP contribution in [0.15, 0.2) is 24.3 Å². The fourth-order valence-corrected chi connectivity index (χ4v) is 3.99. The molecule has 0 unspecified atom stereocenters. The molecule has 2 fully saturated rings. The normalized spacial score (nSPS) is 16.7. The SMILES string of the molecule is CCc1nc(C2CC2)nc(N2CCN(C(=O)N(C)C)CC2)c1Cc1ccc(F)cc1. The van der Waals surface area contributed by atoms with Gasteiger partial charge in [-0.2, -0.15) is 0 Å². The van der Waals surface area contributed by atoms with Crippen LogP contribution in [0.2, 0.25) is 0 Å². The number of amides is 2. The molecule has 2 aliphatic rings. The van der Waals surface area contributed by atoms with Crippen molar-refractivity contribution in [2.75, 3.05) is 45.2 Å². The van der Waals surface area contributed by atoms with Crippen LogP contribution in [0.4, 0.5) is 15.0 Å². The lowest BCUT2D eigenvalue weighted by Gasteiger charge is -2.37. The van der Waals surface area contributed by atoms with E-state index in [0.717, 1.165) is 60.8 Å². The van der Waals surface area contributed by atoms with Gasteiger partial charge < -0.3 is 14.7 Å². The maximum absolute atomic E-state index is 13.4. The van der Waals surface area contributed by atoms with Crippen LogP contribution >= 0.6 is 0 Å². The Morgan fingerprint density at radius 1 is 1.10 bits per heavy atom. The summed E-state index contributed by atoms with van der Waals surface area (Å²) in [5, 5.41) is 0. The fourth-order valence-electron chi connectivity index (χ4n) is 3.99. The molecule has 0 atom stereocenters. The van der Waals surface area contributed by atoms with Gasteiger partial charge in [0.2, 0.25) is 0 Å². The minimum absolute atomic E-state index is 0.0526. The van der Waals surface area contributed by atoms with Gasteiger partial charge in [0.1, 0.15) is 17.5 Å². The number of benzene rings is 1. The van der Waals surface area contributed by atoms with E-state index in [4.69, 9.17) is 9.97 Å². The van der Waals surface area contributed by atoms with Gasteiger partial charge >= 0.3 is 6.03 Å². The van der Waals surface area contributed by atoms with Crippen LogP contribution in [0, 0.1) is 5.82 Å². The van der Waals surface area contributed by atoms with Crippen molar-refractivity contribution in [2.45, 2.75) is 38.5 Å². The summed E-state index contributed by atoms with van der Waals surface area (Å²) < 4.78 is 13.4. The summed E-state index contributed by atoms with van der Waals surface area (Å²) >= 11 is 0. The van der Waals surface area contributed by atoms with E-state index in [1.54, 1.807) is 19.0 Å². The number of anilines is 1. The number of carbonyl (C=O) groups is 1. The summed E-state index contributed by atoms with van der Waals surface area (Å²) in [6.07, 6.45) is 3.83. The van der Waals surface area contributed by atoms with Crippen LogP contribution in [0.5, 0.6) is 0 Å². The Bertz CT molecular complexity index is 903. The van der Waals surface area contributed by atoms with Crippen molar-refractivity contribution in [3.63, 3.8) is 0 Å². The molecule has 30 heavy (non-hydrogen) atoms. The average Bonchev–Trinajstić information content (AvgIpc) is 3.60. The smallest absolute Gasteiger partial charge is 0.319 e. The highest BCUT2D eigenvalue weighted by Gasteiger charge is 2.31. The second-order valence-corrected chi connectivity index (χ2v) is 8.41. The van der Waals surface area contributed by atoms with Crippen molar-refractivity contribution in [3.8, 4) is 0 Å².